The monoisotopic (exact) mass is 532 g/mol. The SMILES string of the molecule is CN(C)c1cccc(NC(=O)CCCn2ccc3cc(C(=O)CN=Cc4cccc(-n5cccn5)c4)ccc32)c1. The van der Waals surface area contributed by atoms with Gasteiger partial charge in [-0.3, -0.25) is 14.6 Å². The molecule has 0 atom stereocenters. The summed E-state index contributed by atoms with van der Waals surface area (Å²) in [5.74, 6) is -0.0435. The van der Waals surface area contributed by atoms with Gasteiger partial charge in [0.25, 0.3) is 0 Å². The lowest BCUT2D eigenvalue weighted by Crippen LogP contribution is -2.13. The Hall–Kier alpha value is -4.98. The molecule has 8 heteroatoms. The fraction of sp³-hybridized carbons (Fsp3) is 0.188. The molecule has 0 aliphatic heterocycles. The number of nitrogens with one attached hydrogen (secondary N) is 1. The summed E-state index contributed by atoms with van der Waals surface area (Å²) in [5.41, 5.74) is 5.35. The second kappa shape index (κ2) is 12.3. The number of nitrogens with zero attached hydrogens (tertiary/aromatic N) is 5. The first-order valence-corrected chi connectivity index (χ1v) is 13.3. The number of ketones is 1. The second-order valence-electron chi connectivity index (χ2n) is 9.82. The Morgan fingerprint density at radius 2 is 1.85 bits per heavy atom. The van der Waals surface area contributed by atoms with Crippen LogP contribution in [-0.2, 0) is 11.3 Å². The van der Waals surface area contributed by atoms with Crippen molar-refractivity contribution >= 4 is 40.2 Å². The number of Topliss-reactive ketones (excluding diaryl/α,β-unsaturated/α-hetero) is 1. The molecule has 0 fully saturated rings. The van der Waals surface area contributed by atoms with Crippen LogP contribution < -0.4 is 10.2 Å². The van der Waals surface area contributed by atoms with Crippen LogP contribution in [0.2, 0.25) is 0 Å². The number of amides is 1. The van der Waals surface area contributed by atoms with E-state index in [2.05, 4.69) is 20.0 Å². The molecule has 0 radical (unpaired) electrons. The van der Waals surface area contributed by atoms with Crippen LogP contribution >= 0.6 is 0 Å². The van der Waals surface area contributed by atoms with Crippen LogP contribution in [0.4, 0.5) is 11.4 Å². The molecule has 2 heterocycles. The number of hydrogen-bond acceptors (Lipinski definition) is 5. The molecule has 5 aromatic rings. The Balaban J connectivity index is 1.14. The van der Waals surface area contributed by atoms with Crippen molar-refractivity contribution in [2.24, 2.45) is 4.99 Å². The van der Waals surface area contributed by atoms with Gasteiger partial charge in [0.05, 0.1) is 5.69 Å². The number of fused-ring (bicyclic) bond motifs is 1. The van der Waals surface area contributed by atoms with Crippen molar-refractivity contribution in [2.75, 3.05) is 30.9 Å². The third-order valence-corrected chi connectivity index (χ3v) is 6.66. The molecule has 0 saturated carbocycles. The zero-order valence-electron chi connectivity index (χ0n) is 22.7. The van der Waals surface area contributed by atoms with Crippen molar-refractivity contribution in [3.63, 3.8) is 0 Å². The third kappa shape index (κ3) is 6.53. The molecule has 0 spiro atoms. The van der Waals surface area contributed by atoms with E-state index in [1.807, 2.05) is 110 Å². The maximum absolute atomic E-state index is 12.8. The molecule has 5 rings (SSSR count). The van der Waals surface area contributed by atoms with Gasteiger partial charge in [0, 0.05) is 79.7 Å². The van der Waals surface area contributed by atoms with Crippen molar-refractivity contribution in [1.29, 1.82) is 0 Å². The van der Waals surface area contributed by atoms with Crippen LogP contribution in [0.1, 0.15) is 28.8 Å². The number of carbonyl (C=O) groups excluding carboxylic acids is 2. The summed E-state index contributed by atoms with van der Waals surface area (Å²) in [4.78, 5) is 31.7. The molecule has 3 aromatic carbocycles. The zero-order chi connectivity index (χ0) is 27.9. The summed E-state index contributed by atoms with van der Waals surface area (Å²) in [7, 11) is 3.94. The fourth-order valence-corrected chi connectivity index (χ4v) is 4.56. The van der Waals surface area contributed by atoms with E-state index in [9.17, 15) is 9.59 Å². The molecule has 8 nitrogen and oxygen atoms in total. The van der Waals surface area contributed by atoms with E-state index in [0.717, 1.165) is 33.5 Å². The van der Waals surface area contributed by atoms with Crippen LogP contribution in [0.3, 0.4) is 0 Å². The minimum absolute atomic E-state index is 0.00563. The molecular formula is C32H32N6O2. The van der Waals surface area contributed by atoms with Gasteiger partial charge in [-0.05, 0) is 72.6 Å². The number of hydrogen-bond donors (Lipinski definition) is 1. The van der Waals surface area contributed by atoms with Gasteiger partial charge in [-0.15, -0.1) is 0 Å². The molecule has 0 aliphatic carbocycles. The average Bonchev–Trinajstić information content (AvgIpc) is 3.64. The molecule has 2 aromatic heterocycles. The number of rotatable bonds is 11. The lowest BCUT2D eigenvalue weighted by Gasteiger charge is -2.14. The topological polar surface area (TPSA) is 84.5 Å². The van der Waals surface area contributed by atoms with Crippen molar-refractivity contribution in [3.05, 3.63) is 109 Å². The van der Waals surface area contributed by atoms with Gasteiger partial charge in [0.2, 0.25) is 5.91 Å². The van der Waals surface area contributed by atoms with Crippen molar-refractivity contribution in [2.45, 2.75) is 19.4 Å². The number of aryl methyl sites for hydroxylation is 1. The quantitative estimate of drug-likeness (QED) is 0.177. The first-order chi connectivity index (χ1) is 19.5. The molecule has 40 heavy (non-hydrogen) atoms. The lowest BCUT2D eigenvalue weighted by atomic mass is 10.1. The van der Waals surface area contributed by atoms with E-state index in [4.69, 9.17) is 0 Å². The van der Waals surface area contributed by atoms with Crippen molar-refractivity contribution in [3.8, 4) is 5.69 Å². The van der Waals surface area contributed by atoms with Gasteiger partial charge >= 0.3 is 0 Å². The molecule has 1 N–H and O–H groups in total. The Morgan fingerprint density at radius 1 is 0.975 bits per heavy atom. The van der Waals surface area contributed by atoms with Crippen molar-refractivity contribution < 1.29 is 9.59 Å². The number of aromatic nitrogens is 3. The number of benzene rings is 3. The summed E-state index contributed by atoms with van der Waals surface area (Å²) in [6, 6.07) is 25.2. The van der Waals surface area contributed by atoms with Crippen LogP contribution in [0.5, 0.6) is 0 Å². The smallest absolute Gasteiger partial charge is 0.224 e. The average molecular weight is 533 g/mol. The van der Waals surface area contributed by atoms with E-state index in [1.54, 1.807) is 17.1 Å². The Bertz CT molecular complexity index is 1650. The first kappa shape index (κ1) is 26.6. The second-order valence-corrected chi connectivity index (χ2v) is 9.82. The van der Waals surface area contributed by atoms with Gasteiger partial charge in [-0.2, -0.15) is 5.10 Å². The number of anilines is 2. The first-order valence-electron chi connectivity index (χ1n) is 13.3. The molecule has 1 amide bonds. The predicted molar refractivity (Wildman–Crippen MR) is 161 cm³/mol. The molecule has 0 unspecified atom stereocenters. The number of aliphatic imine (C=N–C) groups is 1. The Kier molecular flexibility index (Phi) is 8.15. The summed E-state index contributed by atoms with van der Waals surface area (Å²) in [6.45, 7) is 0.786. The lowest BCUT2D eigenvalue weighted by molar-refractivity contribution is -0.116. The molecule has 202 valence electrons. The highest BCUT2D eigenvalue weighted by Gasteiger charge is 2.09. The highest BCUT2D eigenvalue weighted by atomic mass is 16.1. The summed E-state index contributed by atoms with van der Waals surface area (Å²) in [6.07, 6.45) is 8.46. The van der Waals surface area contributed by atoms with Gasteiger partial charge < -0.3 is 14.8 Å². The minimum Gasteiger partial charge on any atom is -0.378 e. The summed E-state index contributed by atoms with van der Waals surface area (Å²) < 4.78 is 3.90. The molecular weight excluding hydrogens is 500 g/mol. The Morgan fingerprint density at radius 3 is 2.67 bits per heavy atom. The van der Waals surface area contributed by atoms with E-state index in [-0.39, 0.29) is 18.2 Å². The van der Waals surface area contributed by atoms with Gasteiger partial charge in [-0.1, -0.05) is 18.2 Å². The highest BCUT2D eigenvalue weighted by Crippen LogP contribution is 2.20. The van der Waals surface area contributed by atoms with E-state index >= 15 is 0 Å². The fourth-order valence-electron chi connectivity index (χ4n) is 4.56. The maximum Gasteiger partial charge on any atom is 0.224 e. The predicted octanol–water partition coefficient (Wildman–Crippen LogP) is 5.61. The molecule has 0 bridgehead atoms. The summed E-state index contributed by atoms with van der Waals surface area (Å²) in [5, 5.41) is 8.22. The van der Waals surface area contributed by atoms with Gasteiger partial charge in [0.1, 0.15) is 6.54 Å². The van der Waals surface area contributed by atoms with Crippen molar-refractivity contribution in [1.82, 2.24) is 14.3 Å². The molecule has 0 aliphatic rings. The Labute approximate surface area is 233 Å². The third-order valence-electron chi connectivity index (χ3n) is 6.66. The van der Waals surface area contributed by atoms with E-state index < -0.39 is 0 Å². The largest absolute Gasteiger partial charge is 0.378 e. The standard InChI is InChI=1S/C32H32N6O2/c1-36(2)28-9-4-8-27(21-28)35-32(40)11-5-16-37-18-14-25-20-26(12-13-30(25)37)31(39)23-33-22-24-7-3-10-29(19-24)38-17-6-15-34-38/h3-4,6-10,12-15,17-22H,5,11,16,23H2,1-2H3,(H,35,40). The zero-order valence-corrected chi connectivity index (χ0v) is 22.7. The minimum atomic E-state index is -0.0378. The van der Waals surface area contributed by atoms with Crippen LogP contribution in [0, 0.1) is 0 Å². The van der Waals surface area contributed by atoms with Gasteiger partial charge in [0.15, 0.2) is 5.78 Å². The van der Waals surface area contributed by atoms with E-state index in [0.29, 0.717) is 24.9 Å². The van der Waals surface area contributed by atoms with Crippen LogP contribution in [0.15, 0.2) is 102 Å². The normalized spacial score (nSPS) is 11.2. The van der Waals surface area contributed by atoms with Gasteiger partial charge in [-0.25, -0.2) is 4.68 Å². The maximum atomic E-state index is 12.8. The van der Waals surface area contributed by atoms with E-state index in [1.165, 1.54) is 0 Å². The number of carbonyl (C=O) groups is 2. The molecule has 0 saturated heterocycles. The summed E-state index contributed by atoms with van der Waals surface area (Å²) >= 11 is 0. The van der Waals surface area contributed by atoms with Crippen LogP contribution in [-0.4, -0.2) is 52.9 Å². The highest BCUT2D eigenvalue weighted by molar-refractivity contribution is 6.01. The van der Waals surface area contributed by atoms with Crippen LogP contribution in [0.25, 0.3) is 16.6 Å².